The van der Waals surface area contributed by atoms with Gasteiger partial charge in [-0.05, 0) is 36.4 Å². The SMILES string of the molecule is COc1cc(N(C)C)ccc1C(=O)N1CCC(Oc2ccc(Cl)cc2)CC1. The summed E-state index contributed by atoms with van der Waals surface area (Å²) < 4.78 is 11.5. The maximum atomic E-state index is 12.9. The summed E-state index contributed by atoms with van der Waals surface area (Å²) in [6, 6.07) is 13.1. The van der Waals surface area contributed by atoms with Gasteiger partial charge in [-0.15, -0.1) is 0 Å². The number of nitrogens with zero attached hydrogens (tertiary/aromatic N) is 2. The van der Waals surface area contributed by atoms with Crippen molar-refractivity contribution in [1.82, 2.24) is 4.90 Å². The maximum Gasteiger partial charge on any atom is 0.257 e. The van der Waals surface area contributed by atoms with Gasteiger partial charge in [0.2, 0.25) is 0 Å². The summed E-state index contributed by atoms with van der Waals surface area (Å²) in [5.74, 6) is 1.41. The smallest absolute Gasteiger partial charge is 0.257 e. The molecule has 0 spiro atoms. The van der Waals surface area contributed by atoms with E-state index in [-0.39, 0.29) is 12.0 Å². The van der Waals surface area contributed by atoms with Gasteiger partial charge in [-0.3, -0.25) is 4.79 Å². The summed E-state index contributed by atoms with van der Waals surface area (Å²) in [5, 5.41) is 0.692. The number of likely N-dealkylation sites (tertiary alicyclic amines) is 1. The maximum absolute atomic E-state index is 12.9. The molecule has 1 aliphatic rings. The number of hydrogen-bond donors (Lipinski definition) is 0. The van der Waals surface area contributed by atoms with E-state index in [1.165, 1.54) is 0 Å². The normalized spacial score (nSPS) is 14.7. The Hall–Kier alpha value is -2.40. The minimum absolute atomic E-state index is 0.00194. The molecule has 0 aromatic heterocycles. The Morgan fingerprint density at radius 3 is 2.37 bits per heavy atom. The van der Waals surface area contributed by atoms with E-state index >= 15 is 0 Å². The number of amides is 1. The lowest BCUT2D eigenvalue weighted by Crippen LogP contribution is -2.41. The van der Waals surface area contributed by atoms with Gasteiger partial charge in [0.15, 0.2) is 0 Å². The number of carbonyl (C=O) groups excluding carboxylic acids is 1. The van der Waals surface area contributed by atoms with Crippen LogP contribution in [0.1, 0.15) is 23.2 Å². The lowest BCUT2D eigenvalue weighted by molar-refractivity contribution is 0.0592. The molecule has 0 N–H and O–H groups in total. The second-order valence-corrected chi connectivity index (χ2v) is 7.28. The number of rotatable bonds is 5. The van der Waals surface area contributed by atoms with E-state index in [2.05, 4.69) is 0 Å². The molecular weight excluding hydrogens is 364 g/mol. The Balaban J connectivity index is 1.62. The molecule has 2 aromatic rings. The molecule has 1 heterocycles. The van der Waals surface area contributed by atoms with Gasteiger partial charge in [0.05, 0.1) is 12.7 Å². The van der Waals surface area contributed by atoms with E-state index in [1.807, 2.05) is 66.4 Å². The van der Waals surface area contributed by atoms with Crippen molar-refractivity contribution < 1.29 is 14.3 Å². The van der Waals surface area contributed by atoms with Gasteiger partial charge in [-0.1, -0.05) is 11.6 Å². The van der Waals surface area contributed by atoms with E-state index < -0.39 is 0 Å². The van der Waals surface area contributed by atoms with Crippen LogP contribution in [0.15, 0.2) is 42.5 Å². The lowest BCUT2D eigenvalue weighted by Gasteiger charge is -2.32. The fourth-order valence-electron chi connectivity index (χ4n) is 3.19. The molecule has 5 nitrogen and oxygen atoms in total. The summed E-state index contributed by atoms with van der Waals surface area (Å²) in [4.78, 5) is 16.8. The molecule has 0 atom stereocenters. The van der Waals surface area contributed by atoms with Crippen molar-refractivity contribution in [2.24, 2.45) is 0 Å². The van der Waals surface area contributed by atoms with E-state index in [9.17, 15) is 4.79 Å². The summed E-state index contributed by atoms with van der Waals surface area (Å²) in [5.41, 5.74) is 1.60. The molecule has 0 radical (unpaired) electrons. The second-order valence-electron chi connectivity index (χ2n) is 6.84. The number of piperidine rings is 1. The molecule has 6 heteroatoms. The van der Waals surface area contributed by atoms with Crippen molar-refractivity contribution in [3.63, 3.8) is 0 Å². The van der Waals surface area contributed by atoms with Crippen LogP contribution in [0.3, 0.4) is 0 Å². The molecule has 27 heavy (non-hydrogen) atoms. The highest BCUT2D eigenvalue weighted by atomic mass is 35.5. The zero-order valence-corrected chi connectivity index (χ0v) is 16.7. The first kappa shape index (κ1) is 19.4. The van der Waals surface area contributed by atoms with Crippen LogP contribution in [0, 0.1) is 0 Å². The number of halogens is 1. The van der Waals surface area contributed by atoms with Crippen LogP contribution < -0.4 is 14.4 Å². The van der Waals surface area contributed by atoms with Gasteiger partial charge < -0.3 is 19.3 Å². The van der Waals surface area contributed by atoms with Gasteiger partial charge >= 0.3 is 0 Å². The number of anilines is 1. The molecule has 2 aromatic carbocycles. The second kappa shape index (κ2) is 8.53. The van der Waals surface area contributed by atoms with E-state index in [1.54, 1.807) is 7.11 Å². The fourth-order valence-corrected chi connectivity index (χ4v) is 3.31. The summed E-state index contributed by atoms with van der Waals surface area (Å²) in [7, 11) is 5.52. The fraction of sp³-hybridized carbons (Fsp3) is 0.381. The third-order valence-corrected chi connectivity index (χ3v) is 5.03. The predicted octanol–water partition coefficient (Wildman–Crippen LogP) is 4.10. The molecule has 0 saturated carbocycles. The first-order valence-corrected chi connectivity index (χ1v) is 9.42. The number of methoxy groups -OCH3 is 1. The standard InChI is InChI=1S/C21H25ClN2O3/c1-23(2)16-6-9-19(20(14-16)26-3)21(25)24-12-10-18(11-13-24)27-17-7-4-15(22)5-8-17/h4-9,14,18H,10-13H2,1-3H3. The van der Waals surface area contributed by atoms with Crippen LogP contribution in [-0.4, -0.2) is 51.2 Å². The zero-order chi connectivity index (χ0) is 19.4. The Labute approximate surface area is 165 Å². The van der Waals surface area contributed by atoms with Crippen molar-refractivity contribution in [3.8, 4) is 11.5 Å². The van der Waals surface area contributed by atoms with Crippen LogP contribution in [0.4, 0.5) is 5.69 Å². The van der Waals surface area contributed by atoms with Crippen LogP contribution in [0.5, 0.6) is 11.5 Å². The van der Waals surface area contributed by atoms with Crippen LogP contribution in [0.2, 0.25) is 5.02 Å². The molecular formula is C21H25ClN2O3. The van der Waals surface area contributed by atoms with Crippen molar-refractivity contribution >= 4 is 23.2 Å². The van der Waals surface area contributed by atoms with E-state index in [0.717, 1.165) is 24.3 Å². The van der Waals surface area contributed by atoms with Crippen LogP contribution in [-0.2, 0) is 0 Å². The average molecular weight is 389 g/mol. The largest absolute Gasteiger partial charge is 0.496 e. The van der Waals surface area contributed by atoms with Crippen molar-refractivity contribution in [3.05, 3.63) is 53.1 Å². The van der Waals surface area contributed by atoms with Gasteiger partial charge in [0.25, 0.3) is 5.91 Å². The van der Waals surface area contributed by atoms with E-state index in [0.29, 0.717) is 29.4 Å². The number of carbonyl (C=O) groups is 1. The first-order valence-electron chi connectivity index (χ1n) is 9.05. The van der Waals surface area contributed by atoms with Crippen molar-refractivity contribution in [1.29, 1.82) is 0 Å². The summed E-state index contributed by atoms with van der Waals surface area (Å²) in [6.07, 6.45) is 1.70. The highest BCUT2D eigenvalue weighted by Gasteiger charge is 2.26. The summed E-state index contributed by atoms with van der Waals surface area (Å²) in [6.45, 7) is 1.32. The van der Waals surface area contributed by atoms with Gasteiger partial charge in [-0.25, -0.2) is 0 Å². The molecule has 1 saturated heterocycles. The molecule has 1 aliphatic heterocycles. The Morgan fingerprint density at radius 1 is 1.11 bits per heavy atom. The summed E-state index contributed by atoms with van der Waals surface area (Å²) >= 11 is 5.91. The number of benzene rings is 2. The monoisotopic (exact) mass is 388 g/mol. The highest BCUT2D eigenvalue weighted by molar-refractivity contribution is 6.30. The molecule has 0 unspecified atom stereocenters. The number of hydrogen-bond acceptors (Lipinski definition) is 4. The third kappa shape index (κ3) is 4.66. The highest BCUT2D eigenvalue weighted by Crippen LogP contribution is 2.27. The lowest BCUT2D eigenvalue weighted by atomic mass is 10.1. The van der Waals surface area contributed by atoms with Gasteiger partial charge in [-0.2, -0.15) is 0 Å². The zero-order valence-electron chi connectivity index (χ0n) is 15.9. The van der Waals surface area contributed by atoms with Gasteiger partial charge in [0.1, 0.15) is 17.6 Å². The Morgan fingerprint density at radius 2 is 1.78 bits per heavy atom. The topological polar surface area (TPSA) is 42.0 Å². The average Bonchev–Trinajstić information content (AvgIpc) is 2.69. The molecule has 1 fully saturated rings. The van der Waals surface area contributed by atoms with Crippen molar-refractivity contribution in [2.45, 2.75) is 18.9 Å². The van der Waals surface area contributed by atoms with Gasteiger partial charge in [0, 0.05) is 56.8 Å². The minimum Gasteiger partial charge on any atom is -0.496 e. The third-order valence-electron chi connectivity index (χ3n) is 4.78. The van der Waals surface area contributed by atoms with Crippen LogP contribution in [0.25, 0.3) is 0 Å². The Bertz CT molecular complexity index is 785. The van der Waals surface area contributed by atoms with Crippen LogP contribution >= 0.6 is 11.6 Å². The number of ether oxygens (including phenoxy) is 2. The quantitative estimate of drug-likeness (QED) is 0.773. The predicted molar refractivity (Wildman–Crippen MR) is 108 cm³/mol. The molecule has 0 bridgehead atoms. The molecule has 0 aliphatic carbocycles. The van der Waals surface area contributed by atoms with Crippen molar-refractivity contribution in [2.75, 3.05) is 39.2 Å². The molecule has 144 valence electrons. The minimum atomic E-state index is 0.00194. The molecule has 3 rings (SSSR count). The van der Waals surface area contributed by atoms with E-state index in [4.69, 9.17) is 21.1 Å². The molecule has 1 amide bonds. The Kier molecular flexibility index (Phi) is 6.11. The first-order chi connectivity index (χ1) is 13.0.